The van der Waals surface area contributed by atoms with Gasteiger partial charge >= 0.3 is 0 Å². The second-order valence-corrected chi connectivity index (χ2v) is 7.42. The van der Waals surface area contributed by atoms with E-state index in [0.29, 0.717) is 39.2 Å². The van der Waals surface area contributed by atoms with Crippen LogP contribution >= 0.6 is 35.0 Å². The maximum Gasteiger partial charge on any atom is 0.234 e. The highest BCUT2D eigenvalue weighted by Crippen LogP contribution is 2.31. The summed E-state index contributed by atoms with van der Waals surface area (Å²) in [6.07, 6.45) is 0. The molecule has 5 nitrogen and oxygen atoms in total. The maximum absolute atomic E-state index is 13.6. The van der Waals surface area contributed by atoms with E-state index in [0.717, 1.165) is 17.8 Å². The number of thioether (sulfide) groups is 1. The van der Waals surface area contributed by atoms with Crippen molar-refractivity contribution in [1.29, 1.82) is 0 Å². The van der Waals surface area contributed by atoms with Crippen molar-refractivity contribution in [2.24, 2.45) is 0 Å². The highest BCUT2D eigenvalue weighted by atomic mass is 35.5. The van der Waals surface area contributed by atoms with Gasteiger partial charge in [0.2, 0.25) is 5.91 Å². The smallest absolute Gasteiger partial charge is 0.234 e. The molecule has 1 aromatic heterocycles. The highest BCUT2D eigenvalue weighted by Gasteiger charge is 2.17. The molecule has 0 saturated carbocycles. The van der Waals surface area contributed by atoms with Gasteiger partial charge in [0.25, 0.3) is 0 Å². The van der Waals surface area contributed by atoms with Crippen LogP contribution in [0.25, 0.3) is 11.4 Å². The van der Waals surface area contributed by atoms with E-state index in [1.807, 2.05) is 11.5 Å². The lowest BCUT2D eigenvalue weighted by molar-refractivity contribution is -0.113. The van der Waals surface area contributed by atoms with Gasteiger partial charge in [-0.3, -0.25) is 4.79 Å². The van der Waals surface area contributed by atoms with Gasteiger partial charge in [-0.15, -0.1) is 10.2 Å². The molecule has 3 rings (SSSR count). The Balaban J connectivity index is 1.72. The van der Waals surface area contributed by atoms with E-state index in [1.54, 1.807) is 18.2 Å². The normalized spacial score (nSPS) is 10.9. The van der Waals surface area contributed by atoms with Crippen LogP contribution in [0.5, 0.6) is 0 Å². The summed E-state index contributed by atoms with van der Waals surface area (Å²) in [5.74, 6) is -1.48. The van der Waals surface area contributed by atoms with Gasteiger partial charge in [0.15, 0.2) is 11.0 Å². The average molecular weight is 443 g/mol. The van der Waals surface area contributed by atoms with Crippen molar-refractivity contribution in [3.63, 3.8) is 0 Å². The Morgan fingerprint density at radius 2 is 1.96 bits per heavy atom. The molecule has 28 heavy (non-hydrogen) atoms. The van der Waals surface area contributed by atoms with Crippen LogP contribution < -0.4 is 5.32 Å². The molecule has 1 amide bonds. The van der Waals surface area contributed by atoms with Crippen molar-refractivity contribution in [1.82, 2.24) is 14.8 Å². The molecule has 0 aliphatic rings. The molecule has 0 fully saturated rings. The van der Waals surface area contributed by atoms with Crippen LogP contribution in [0.4, 0.5) is 14.5 Å². The van der Waals surface area contributed by atoms with E-state index < -0.39 is 17.5 Å². The van der Waals surface area contributed by atoms with Gasteiger partial charge in [-0.05, 0) is 37.3 Å². The average Bonchev–Trinajstić information content (AvgIpc) is 3.05. The van der Waals surface area contributed by atoms with E-state index >= 15 is 0 Å². The Hall–Kier alpha value is -2.16. The Labute approximate surface area is 174 Å². The zero-order chi connectivity index (χ0) is 20.3. The lowest BCUT2D eigenvalue weighted by Gasteiger charge is -2.09. The predicted molar refractivity (Wildman–Crippen MR) is 107 cm³/mol. The van der Waals surface area contributed by atoms with Gasteiger partial charge in [-0.2, -0.15) is 0 Å². The number of hydrogen-bond donors (Lipinski definition) is 1. The number of carbonyl (C=O) groups is 1. The monoisotopic (exact) mass is 442 g/mol. The number of carbonyl (C=O) groups excluding carboxylic acids is 1. The van der Waals surface area contributed by atoms with E-state index in [4.69, 9.17) is 23.2 Å². The topological polar surface area (TPSA) is 59.8 Å². The summed E-state index contributed by atoms with van der Waals surface area (Å²) in [5.41, 5.74) is 0.586. The summed E-state index contributed by atoms with van der Waals surface area (Å²) < 4.78 is 28.4. The second-order valence-electron chi connectivity index (χ2n) is 5.64. The molecule has 10 heteroatoms. The molecule has 0 atom stereocenters. The van der Waals surface area contributed by atoms with Crippen molar-refractivity contribution in [3.8, 4) is 11.4 Å². The molecule has 1 heterocycles. The summed E-state index contributed by atoms with van der Waals surface area (Å²) in [5, 5.41) is 12.1. The molecule has 2 aromatic carbocycles. The largest absolute Gasteiger partial charge is 0.323 e. The Kier molecular flexibility index (Phi) is 6.53. The maximum atomic E-state index is 13.6. The van der Waals surface area contributed by atoms with Crippen LogP contribution in [-0.2, 0) is 11.3 Å². The van der Waals surface area contributed by atoms with Crippen molar-refractivity contribution < 1.29 is 13.6 Å². The molecular formula is C18H14Cl2F2N4OS. The van der Waals surface area contributed by atoms with Gasteiger partial charge in [-0.1, -0.05) is 35.0 Å². The summed E-state index contributed by atoms with van der Waals surface area (Å²) in [6.45, 7) is 2.46. The lowest BCUT2D eigenvalue weighted by atomic mass is 10.2. The molecule has 0 radical (unpaired) electrons. The number of hydrogen-bond acceptors (Lipinski definition) is 4. The fourth-order valence-electron chi connectivity index (χ4n) is 2.46. The molecule has 0 spiro atoms. The zero-order valence-electron chi connectivity index (χ0n) is 14.5. The summed E-state index contributed by atoms with van der Waals surface area (Å²) >= 11 is 13.3. The van der Waals surface area contributed by atoms with Crippen molar-refractivity contribution >= 4 is 46.6 Å². The standard InChI is InChI=1S/C18H14Cl2F2N4OS/c1-2-26-17(12-5-3-10(19)7-13(12)20)24-25-18(26)28-9-16(27)23-15-6-4-11(21)8-14(15)22/h3-8H,2,9H2,1H3,(H,23,27). The number of anilines is 1. The molecule has 146 valence electrons. The van der Waals surface area contributed by atoms with Crippen LogP contribution in [0.3, 0.4) is 0 Å². The van der Waals surface area contributed by atoms with Crippen LogP contribution in [0.2, 0.25) is 10.0 Å². The molecule has 0 saturated heterocycles. The van der Waals surface area contributed by atoms with Crippen LogP contribution in [0.15, 0.2) is 41.6 Å². The quantitative estimate of drug-likeness (QED) is 0.527. The Bertz CT molecular complexity index is 1030. The minimum atomic E-state index is -0.838. The highest BCUT2D eigenvalue weighted by molar-refractivity contribution is 7.99. The summed E-state index contributed by atoms with van der Waals surface area (Å²) in [7, 11) is 0. The van der Waals surface area contributed by atoms with Gasteiger partial charge in [0, 0.05) is 23.2 Å². The van der Waals surface area contributed by atoms with Gasteiger partial charge in [0.1, 0.15) is 11.6 Å². The minimum absolute atomic E-state index is 0.0245. The number of rotatable bonds is 6. The third-order valence-corrected chi connectivity index (χ3v) is 5.26. The van der Waals surface area contributed by atoms with Crippen molar-refractivity contribution in [2.75, 3.05) is 11.1 Å². The molecule has 0 unspecified atom stereocenters. The first-order valence-corrected chi connectivity index (χ1v) is 9.89. The first-order valence-electron chi connectivity index (χ1n) is 8.15. The van der Waals surface area contributed by atoms with Gasteiger partial charge in [0.05, 0.1) is 16.5 Å². The number of nitrogens with zero attached hydrogens (tertiary/aromatic N) is 3. The van der Waals surface area contributed by atoms with E-state index in [2.05, 4.69) is 15.5 Å². The van der Waals surface area contributed by atoms with E-state index in [-0.39, 0.29) is 11.4 Å². The molecular weight excluding hydrogens is 429 g/mol. The number of amides is 1. The molecule has 0 aliphatic carbocycles. The third kappa shape index (κ3) is 4.63. The number of nitrogens with one attached hydrogen (secondary N) is 1. The van der Waals surface area contributed by atoms with E-state index in [9.17, 15) is 13.6 Å². The van der Waals surface area contributed by atoms with E-state index in [1.165, 1.54) is 6.07 Å². The fraction of sp³-hybridized carbons (Fsp3) is 0.167. The molecule has 3 aromatic rings. The Morgan fingerprint density at radius 1 is 1.18 bits per heavy atom. The summed E-state index contributed by atoms with van der Waals surface area (Å²) in [4.78, 5) is 12.1. The molecule has 0 aliphatic heterocycles. The van der Waals surface area contributed by atoms with Crippen LogP contribution in [0, 0.1) is 11.6 Å². The lowest BCUT2D eigenvalue weighted by Crippen LogP contribution is -2.15. The Morgan fingerprint density at radius 3 is 2.64 bits per heavy atom. The SMILES string of the molecule is CCn1c(SCC(=O)Nc2ccc(F)cc2F)nnc1-c1ccc(Cl)cc1Cl. The number of benzene rings is 2. The number of aromatic nitrogens is 3. The van der Waals surface area contributed by atoms with Crippen molar-refractivity contribution in [2.45, 2.75) is 18.6 Å². The van der Waals surface area contributed by atoms with Gasteiger partial charge in [-0.25, -0.2) is 8.78 Å². The molecule has 0 bridgehead atoms. The molecule has 1 N–H and O–H groups in total. The van der Waals surface area contributed by atoms with Crippen LogP contribution in [-0.4, -0.2) is 26.4 Å². The second kappa shape index (κ2) is 8.89. The van der Waals surface area contributed by atoms with Gasteiger partial charge < -0.3 is 9.88 Å². The van der Waals surface area contributed by atoms with Crippen LogP contribution in [0.1, 0.15) is 6.92 Å². The fourth-order valence-corrected chi connectivity index (χ4v) is 3.75. The first-order chi connectivity index (χ1) is 13.4. The predicted octanol–water partition coefficient (Wildman–Crippen LogP) is 5.28. The third-order valence-electron chi connectivity index (χ3n) is 3.74. The van der Waals surface area contributed by atoms with Crippen molar-refractivity contribution in [3.05, 3.63) is 58.1 Å². The zero-order valence-corrected chi connectivity index (χ0v) is 16.9. The minimum Gasteiger partial charge on any atom is -0.323 e. The summed E-state index contributed by atoms with van der Waals surface area (Å²) in [6, 6.07) is 8.02. The first kappa shape index (κ1) is 20.6. The number of halogens is 4.